The van der Waals surface area contributed by atoms with Crippen molar-refractivity contribution in [2.45, 2.75) is 45.4 Å². The van der Waals surface area contributed by atoms with Gasteiger partial charge in [-0.05, 0) is 24.3 Å². The van der Waals surface area contributed by atoms with Crippen molar-refractivity contribution in [3.8, 4) is 0 Å². The fourth-order valence-electron chi connectivity index (χ4n) is 2.94. The number of Topliss-reactive ketones (excluding diaryl/α,β-unsaturated/α-hetero) is 1. The predicted molar refractivity (Wildman–Crippen MR) is 108 cm³/mol. The first-order valence-electron chi connectivity index (χ1n) is 10.0. The number of benzene rings is 1. The van der Waals surface area contributed by atoms with Crippen LogP contribution in [-0.4, -0.2) is 55.5 Å². The number of ether oxygens (including phenoxy) is 2. The fourth-order valence-corrected chi connectivity index (χ4v) is 2.94. The van der Waals surface area contributed by atoms with Crippen LogP contribution in [0.25, 0.3) is 0 Å². The Hall–Kier alpha value is -2.94. The molecule has 0 spiro atoms. The molecule has 0 bridgehead atoms. The number of carbonyl (C=O) groups excluding carboxylic acids is 4. The van der Waals surface area contributed by atoms with E-state index in [2.05, 4.69) is 16.0 Å². The van der Waals surface area contributed by atoms with E-state index in [0.717, 1.165) is 5.56 Å². The Balaban J connectivity index is 1.98. The van der Waals surface area contributed by atoms with Gasteiger partial charge >= 0.3 is 6.09 Å². The molecule has 2 rings (SSSR count). The quantitative estimate of drug-likeness (QED) is 0.565. The fraction of sp³-hybridized carbons (Fsp3) is 0.524. The molecule has 3 amide bonds. The molecule has 2 atom stereocenters. The molecule has 2 unspecified atom stereocenters. The first-order valence-corrected chi connectivity index (χ1v) is 10.0. The lowest BCUT2D eigenvalue weighted by molar-refractivity contribution is -0.140. The lowest BCUT2D eigenvalue weighted by Gasteiger charge is -2.23. The molecule has 1 aromatic rings. The molecule has 0 aromatic heterocycles. The SMILES string of the molecule is CC(C)CC(NC(=O)OCc1ccccc1)C(=O)NC1CCOCCNC(=O)C1=O. The van der Waals surface area contributed by atoms with E-state index in [-0.39, 0.29) is 32.1 Å². The molecular formula is C21H29N3O6. The number of nitrogens with one attached hydrogen (secondary N) is 3. The third-order valence-corrected chi connectivity index (χ3v) is 4.47. The second-order valence-corrected chi connectivity index (χ2v) is 7.47. The van der Waals surface area contributed by atoms with Gasteiger partial charge in [0, 0.05) is 13.2 Å². The summed E-state index contributed by atoms with van der Waals surface area (Å²) in [6.45, 7) is 4.64. The van der Waals surface area contributed by atoms with Gasteiger partial charge < -0.3 is 25.4 Å². The number of amides is 3. The molecule has 30 heavy (non-hydrogen) atoms. The summed E-state index contributed by atoms with van der Waals surface area (Å²) in [5.41, 5.74) is 0.819. The average molecular weight is 419 g/mol. The van der Waals surface area contributed by atoms with Gasteiger partial charge in [-0.3, -0.25) is 14.4 Å². The van der Waals surface area contributed by atoms with Gasteiger partial charge in [0.1, 0.15) is 12.6 Å². The summed E-state index contributed by atoms with van der Waals surface area (Å²) >= 11 is 0. The Kier molecular flexibility index (Phi) is 9.27. The largest absolute Gasteiger partial charge is 0.445 e. The monoisotopic (exact) mass is 419 g/mol. The Morgan fingerprint density at radius 1 is 1.20 bits per heavy atom. The van der Waals surface area contributed by atoms with Gasteiger partial charge in [0.05, 0.1) is 12.6 Å². The van der Waals surface area contributed by atoms with Crippen molar-refractivity contribution in [2.75, 3.05) is 19.8 Å². The lowest BCUT2D eigenvalue weighted by Crippen LogP contribution is -2.54. The highest BCUT2D eigenvalue weighted by molar-refractivity contribution is 6.38. The molecule has 0 radical (unpaired) electrons. The van der Waals surface area contributed by atoms with Crippen LogP contribution >= 0.6 is 0 Å². The minimum atomic E-state index is -1.02. The number of hydrogen-bond acceptors (Lipinski definition) is 6. The maximum atomic E-state index is 12.8. The van der Waals surface area contributed by atoms with E-state index in [1.807, 2.05) is 44.2 Å². The summed E-state index contributed by atoms with van der Waals surface area (Å²) in [5, 5.41) is 7.59. The molecule has 1 fully saturated rings. The van der Waals surface area contributed by atoms with Crippen LogP contribution in [0.15, 0.2) is 30.3 Å². The third kappa shape index (κ3) is 7.82. The average Bonchev–Trinajstić information content (AvgIpc) is 2.79. The molecule has 1 saturated heterocycles. The maximum absolute atomic E-state index is 12.8. The van der Waals surface area contributed by atoms with E-state index in [0.29, 0.717) is 13.0 Å². The molecule has 1 aromatic carbocycles. The van der Waals surface area contributed by atoms with Crippen LogP contribution in [-0.2, 0) is 30.5 Å². The Morgan fingerprint density at radius 2 is 1.93 bits per heavy atom. The molecule has 164 valence electrons. The number of rotatable bonds is 7. The number of alkyl carbamates (subject to hydrolysis) is 1. The van der Waals surface area contributed by atoms with Crippen molar-refractivity contribution in [3.05, 3.63) is 35.9 Å². The maximum Gasteiger partial charge on any atom is 0.408 e. The van der Waals surface area contributed by atoms with E-state index in [4.69, 9.17) is 9.47 Å². The van der Waals surface area contributed by atoms with Crippen molar-refractivity contribution >= 4 is 23.7 Å². The van der Waals surface area contributed by atoms with Crippen LogP contribution in [0.2, 0.25) is 0 Å². The van der Waals surface area contributed by atoms with Crippen molar-refractivity contribution in [3.63, 3.8) is 0 Å². The molecule has 0 aliphatic carbocycles. The summed E-state index contributed by atoms with van der Waals surface area (Å²) in [4.78, 5) is 49.2. The standard InChI is InChI=1S/C21H29N3O6/c1-14(2)12-17(24-21(28)30-13-15-6-4-3-5-7-15)19(26)23-16-8-10-29-11-9-22-20(27)18(16)25/h3-7,14,16-17H,8-13H2,1-2H3,(H,22,27)(H,23,26)(H,24,28). The van der Waals surface area contributed by atoms with E-state index in [9.17, 15) is 19.2 Å². The highest BCUT2D eigenvalue weighted by Gasteiger charge is 2.31. The van der Waals surface area contributed by atoms with Crippen LogP contribution in [0.4, 0.5) is 4.79 Å². The van der Waals surface area contributed by atoms with E-state index in [1.54, 1.807) is 0 Å². The first-order chi connectivity index (χ1) is 14.4. The Morgan fingerprint density at radius 3 is 2.63 bits per heavy atom. The molecule has 9 nitrogen and oxygen atoms in total. The minimum Gasteiger partial charge on any atom is -0.445 e. The molecule has 0 saturated carbocycles. The topological polar surface area (TPSA) is 123 Å². The van der Waals surface area contributed by atoms with Crippen LogP contribution in [0.3, 0.4) is 0 Å². The molecule has 1 heterocycles. The van der Waals surface area contributed by atoms with Gasteiger partial charge in [-0.25, -0.2) is 4.79 Å². The highest BCUT2D eigenvalue weighted by atomic mass is 16.5. The first kappa shape index (κ1) is 23.3. The second kappa shape index (κ2) is 11.9. The number of hydrogen-bond donors (Lipinski definition) is 3. The van der Waals surface area contributed by atoms with Crippen molar-refractivity contribution in [1.29, 1.82) is 0 Å². The summed E-state index contributed by atoms with van der Waals surface area (Å²) in [7, 11) is 0. The van der Waals surface area contributed by atoms with Gasteiger partial charge in [-0.1, -0.05) is 44.2 Å². The Labute approximate surface area is 175 Å². The summed E-state index contributed by atoms with van der Waals surface area (Å²) < 4.78 is 10.5. The van der Waals surface area contributed by atoms with E-state index < -0.39 is 35.8 Å². The van der Waals surface area contributed by atoms with Crippen LogP contribution < -0.4 is 16.0 Å². The summed E-state index contributed by atoms with van der Waals surface area (Å²) in [5.74, 6) is -1.95. The van der Waals surface area contributed by atoms with E-state index in [1.165, 1.54) is 0 Å². The minimum absolute atomic E-state index is 0.0707. The van der Waals surface area contributed by atoms with Crippen molar-refractivity contribution in [2.24, 2.45) is 5.92 Å². The summed E-state index contributed by atoms with van der Waals surface area (Å²) in [6.07, 6.45) is -0.220. The van der Waals surface area contributed by atoms with Gasteiger partial charge in [0.25, 0.3) is 5.91 Å². The van der Waals surface area contributed by atoms with Crippen LogP contribution in [0.1, 0.15) is 32.3 Å². The second-order valence-electron chi connectivity index (χ2n) is 7.47. The third-order valence-electron chi connectivity index (χ3n) is 4.47. The Bertz CT molecular complexity index is 738. The van der Waals surface area contributed by atoms with Crippen LogP contribution in [0.5, 0.6) is 0 Å². The van der Waals surface area contributed by atoms with Gasteiger partial charge in [0.2, 0.25) is 11.7 Å². The molecular weight excluding hydrogens is 390 g/mol. The van der Waals surface area contributed by atoms with Crippen molar-refractivity contribution in [1.82, 2.24) is 16.0 Å². The molecule has 9 heteroatoms. The molecule has 3 N–H and O–H groups in total. The predicted octanol–water partition coefficient (Wildman–Crippen LogP) is 0.918. The lowest BCUT2D eigenvalue weighted by atomic mass is 10.0. The normalized spacial score (nSPS) is 18.4. The molecule has 1 aliphatic heterocycles. The van der Waals surface area contributed by atoms with E-state index >= 15 is 0 Å². The number of ketones is 1. The molecule has 1 aliphatic rings. The number of carbonyl (C=O) groups is 4. The van der Waals surface area contributed by atoms with Gasteiger partial charge in [-0.15, -0.1) is 0 Å². The summed E-state index contributed by atoms with van der Waals surface area (Å²) in [6, 6.07) is 7.24. The zero-order valence-corrected chi connectivity index (χ0v) is 17.3. The van der Waals surface area contributed by atoms with Gasteiger partial charge in [0.15, 0.2) is 0 Å². The zero-order valence-electron chi connectivity index (χ0n) is 17.3. The smallest absolute Gasteiger partial charge is 0.408 e. The van der Waals surface area contributed by atoms with Gasteiger partial charge in [-0.2, -0.15) is 0 Å². The van der Waals surface area contributed by atoms with Crippen LogP contribution in [0, 0.1) is 5.92 Å². The zero-order chi connectivity index (χ0) is 21.9. The highest BCUT2D eigenvalue weighted by Crippen LogP contribution is 2.08. The van der Waals surface area contributed by atoms with Crippen molar-refractivity contribution < 1.29 is 28.7 Å².